The van der Waals surface area contributed by atoms with Gasteiger partial charge in [0.2, 0.25) is 0 Å². The van der Waals surface area contributed by atoms with Crippen molar-refractivity contribution >= 4 is 5.97 Å². The van der Waals surface area contributed by atoms with Crippen LogP contribution in [0.15, 0.2) is 47.1 Å². The quantitative estimate of drug-likeness (QED) is 0.732. The van der Waals surface area contributed by atoms with E-state index in [0.29, 0.717) is 12.1 Å². The van der Waals surface area contributed by atoms with Crippen LogP contribution in [0.5, 0.6) is 0 Å². The first-order chi connectivity index (χ1) is 10.7. The van der Waals surface area contributed by atoms with E-state index in [0.717, 1.165) is 19.3 Å². The second-order valence-electron chi connectivity index (χ2n) is 6.46. The number of rotatable bonds is 2. The van der Waals surface area contributed by atoms with Gasteiger partial charge < -0.3 is 4.74 Å². The number of esters is 1. The second-order valence-corrected chi connectivity index (χ2v) is 6.46. The van der Waals surface area contributed by atoms with Crippen LogP contribution >= 0.6 is 0 Å². The lowest BCUT2D eigenvalue weighted by Gasteiger charge is -2.39. The van der Waals surface area contributed by atoms with Gasteiger partial charge >= 0.3 is 5.97 Å². The number of methoxy groups -OCH3 is 1. The van der Waals surface area contributed by atoms with E-state index in [9.17, 15) is 4.79 Å². The highest BCUT2D eigenvalue weighted by Gasteiger charge is 2.47. The number of ether oxygens (including phenoxy) is 1. The van der Waals surface area contributed by atoms with Gasteiger partial charge in [-0.3, -0.25) is 9.69 Å². The summed E-state index contributed by atoms with van der Waals surface area (Å²) in [5.74, 6) is -0.165. The topological polar surface area (TPSA) is 29.5 Å². The number of allylic oxidation sites excluding steroid dienone is 7. The van der Waals surface area contributed by atoms with Gasteiger partial charge in [-0.1, -0.05) is 30.4 Å². The van der Waals surface area contributed by atoms with E-state index in [1.54, 1.807) is 0 Å². The molecule has 0 aromatic carbocycles. The summed E-state index contributed by atoms with van der Waals surface area (Å²) in [5.41, 5.74) is 3.87. The van der Waals surface area contributed by atoms with E-state index < -0.39 is 0 Å². The van der Waals surface area contributed by atoms with Crippen molar-refractivity contribution in [1.82, 2.24) is 4.90 Å². The Bertz CT molecular complexity index is 582. The third-order valence-corrected chi connectivity index (χ3v) is 5.37. The molecule has 0 amide bonds. The Morgan fingerprint density at radius 2 is 2.18 bits per heavy atom. The Hall–Kier alpha value is -1.61. The van der Waals surface area contributed by atoms with Gasteiger partial charge in [0.1, 0.15) is 0 Å². The van der Waals surface area contributed by atoms with Crippen LogP contribution < -0.4 is 0 Å². The minimum atomic E-state index is -0.0925. The first-order valence-corrected chi connectivity index (χ1v) is 8.18. The Morgan fingerprint density at radius 1 is 1.36 bits per heavy atom. The molecule has 0 saturated carbocycles. The monoisotopic (exact) mass is 299 g/mol. The fourth-order valence-corrected chi connectivity index (χ4v) is 4.17. The maximum atomic E-state index is 12.4. The highest BCUT2D eigenvalue weighted by atomic mass is 16.5. The average Bonchev–Trinajstić information content (AvgIpc) is 2.77. The fraction of sp³-hybridized carbons (Fsp3) is 0.526. The molecule has 2 fully saturated rings. The fourth-order valence-electron chi connectivity index (χ4n) is 4.17. The van der Waals surface area contributed by atoms with E-state index in [4.69, 9.17) is 4.74 Å². The summed E-state index contributed by atoms with van der Waals surface area (Å²) in [7, 11) is 3.66. The van der Waals surface area contributed by atoms with Gasteiger partial charge in [-0.2, -0.15) is 0 Å². The minimum Gasteiger partial charge on any atom is -0.469 e. The van der Waals surface area contributed by atoms with Crippen molar-refractivity contribution in [2.75, 3.05) is 14.2 Å². The third kappa shape index (κ3) is 2.58. The maximum Gasteiger partial charge on any atom is 0.314 e. The number of carbonyl (C=O) groups is 1. The lowest BCUT2D eigenvalue weighted by atomic mass is 9.80. The summed E-state index contributed by atoms with van der Waals surface area (Å²) in [6, 6.07) is 0.894. The molecule has 0 radical (unpaired) electrons. The zero-order valence-corrected chi connectivity index (χ0v) is 13.7. The molecule has 3 unspecified atom stereocenters. The lowest BCUT2D eigenvalue weighted by molar-refractivity contribution is -0.146. The number of fused-ring (bicyclic) bond motifs is 2. The molecular weight excluding hydrogens is 274 g/mol. The van der Waals surface area contributed by atoms with Crippen molar-refractivity contribution < 1.29 is 9.53 Å². The molecule has 3 atom stereocenters. The van der Waals surface area contributed by atoms with Crippen molar-refractivity contribution in [3.63, 3.8) is 0 Å². The summed E-state index contributed by atoms with van der Waals surface area (Å²) in [4.78, 5) is 14.8. The van der Waals surface area contributed by atoms with Crippen molar-refractivity contribution in [2.45, 2.75) is 44.7 Å². The van der Waals surface area contributed by atoms with E-state index in [1.165, 1.54) is 30.2 Å². The molecule has 3 aliphatic rings. The zero-order chi connectivity index (χ0) is 15.7. The normalized spacial score (nSPS) is 35.0. The molecule has 118 valence electrons. The van der Waals surface area contributed by atoms with Crippen molar-refractivity contribution in [2.24, 2.45) is 5.92 Å². The van der Waals surface area contributed by atoms with Crippen LogP contribution in [-0.4, -0.2) is 37.1 Å². The molecule has 0 spiro atoms. The predicted molar refractivity (Wildman–Crippen MR) is 88.4 cm³/mol. The minimum absolute atomic E-state index is 0.0728. The molecule has 22 heavy (non-hydrogen) atoms. The van der Waals surface area contributed by atoms with Crippen LogP contribution in [0.3, 0.4) is 0 Å². The van der Waals surface area contributed by atoms with Gasteiger partial charge in [0.25, 0.3) is 0 Å². The van der Waals surface area contributed by atoms with E-state index in [2.05, 4.69) is 42.3 Å². The standard InChI is InChI=1S/C19H25NO2/c1-4-5-13-6-8-14(9-7-13)16-12-15-10-11-17(20(15)2)18(16)19(21)22-3/h4-8,15,17-18H,9-12H2,1-3H3/b5-4-,16-14+. The maximum absolute atomic E-state index is 12.4. The van der Waals surface area contributed by atoms with Gasteiger partial charge in [0.05, 0.1) is 13.0 Å². The molecule has 3 nitrogen and oxygen atoms in total. The van der Waals surface area contributed by atoms with Gasteiger partial charge in [-0.25, -0.2) is 0 Å². The molecule has 0 aromatic rings. The Labute approximate surface area is 133 Å². The van der Waals surface area contributed by atoms with Crippen LogP contribution in [0, 0.1) is 5.92 Å². The molecule has 3 rings (SSSR count). The van der Waals surface area contributed by atoms with Gasteiger partial charge in [0, 0.05) is 12.1 Å². The SMILES string of the molecule is C/C=C\C1=CC/C(=C2\CC3CCC(C2C(=O)OC)N3C)C=C1. The lowest BCUT2D eigenvalue weighted by Crippen LogP contribution is -2.47. The Balaban J connectivity index is 1.93. The van der Waals surface area contributed by atoms with Crippen molar-refractivity contribution in [3.8, 4) is 0 Å². The number of nitrogens with zero attached hydrogens (tertiary/aromatic N) is 1. The summed E-state index contributed by atoms with van der Waals surface area (Å²) < 4.78 is 5.12. The summed E-state index contributed by atoms with van der Waals surface area (Å²) in [6.07, 6.45) is 15.0. The van der Waals surface area contributed by atoms with Crippen molar-refractivity contribution in [1.29, 1.82) is 0 Å². The summed E-state index contributed by atoms with van der Waals surface area (Å²) in [6.45, 7) is 2.03. The molecule has 2 saturated heterocycles. The van der Waals surface area contributed by atoms with Crippen LogP contribution in [0.1, 0.15) is 32.6 Å². The van der Waals surface area contributed by atoms with E-state index in [-0.39, 0.29) is 11.9 Å². The zero-order valence-electron chi connectivity index (χ0n) is 13.7. The van der Waals surface area contributed by atoms with E-state index >= 15 is 0 Å². The molecule has 2 aliphatic heterocycles. The molecule has 0 aromatic heterocycles. The molecule has 2 bridgehead atoms. The van der Waals surface area contributed by atoms with Crippen LogP contribution in [-0.2, 0) is 9.53 Å². The Kier molecular flexibility index (Phi) is 4.34. The highest BCUT2D eigenvalue weighted by Crippen LogP contribution is 2.44. The Morgan fingerprint density at radius 3 is 2.82 bits per heavy atom. The van der Waals surface area contributed by atoms with Crippen LogP contribution in [0.4, 0.5) is 0 Å². The predicted octanol–water partition coefficient (Wildman–Crippen LogP) is 3.40. The molecule has 1 aliphatic carbocycles. The summed E-state index contributed by atoms with van der Waals surface area (Å²) >= 11 is 0. The van der Waals surface area contributed by atoms with Gasteiger partial charge in [0.15, 0.2) is 0 Å². The number of hydrogen-bond acceptors (Lipinski definition) is 3. The van der Waals surface area contributed by atoms with E-state index in [1.807, 2.05) is 6.92 Å². The van der Waals surface area contributed by atoms with Gasteiger partial charge in [-0.15, -0.1) is 0 Å². The number of piperidine rings is 1. The smallest absolute Gasteiger partial charge is 0.314 e. The summed E-state index contributed by atoms with van der Waals surface area (Å²) in [5, 5.41) is 0. The number of hydrogen-bond donors (Lipinski definition) is 0. The van der Waals surface area contributed by atoms with Crippen LogP contribution in [0.25, 0.3) is 0 Å². The van der Waals surface area contributed by atoms with Gasteiger partial charge in [-0.05, 0) is 56.4 Å². The average molecular weight is 299 g/mol. The molecule has 2 heterocycles. The first kappa shape index (κ1) is 15.3. The van der Waals surface area contributed by atoms with Crippen LogP contribution in [0.2, 0.25) is 0 Å². The molecule has 0 N–H and O–H groups in total. The third-order valence-electron chi connectivity index (χ3n) is 5.37. The number of carbonyl (C=O) groups excluding carboxylic acids is 1. The highest BCUT2D eigenvalue weighted by molar-refractivity contribution is 5.78. The molecule has 3 heteroatoms. The second kappa shape index (κ2) is 6.25. The largest absolute Gasteiger partial charge is 0.469 e. The van der Waals surface area contributed by atoms with Crippen molar-refractivity contribution in [3.05, 3.63) is 47.1 Å². The first-order valence-electron chi connectivity index (χ1n) is 8.18. The molecular formula is C19H25NO2.